The molecule has 0 fully saturated rings. The highest BCUT2D eigenvalue weighted by Gasteiger charge is 2.17. The van der Waals surface area contributed by atoms with Gasteiger partial charge in [0.25, 0.3) is 5.56 Å². The number of sulfone groups is 1. The molecule has 0 atom stereocenters. The highest BCUT2D eigenvalue weighted by atomic mass is 32.2. The van der Waals surface area contributed by atoms with Crippen LogP contribution in [0.25, 0.3) is 22.3 Å². The lowest BCUT2D eigenvalue weighted by molar-refractivity contribution is 0.340. The zero-order chi connectivity index (χ0) is 23.4. The summed E-state index contributed by atoms with van der Waals surface area (Å²) in [5.74, 6) is 0.666. The zero-order valence-electron chi connectivity index (χ0n) is 18.4. The molecule has 6 nitrogen and oxygen atoms in total. The minimum atomic E-state index is -3.32. The Labute approximate surface area is 193 Å². The zero-order valence-corrected chi connectivity index (χ0v) is 19.2. The Morgan fingerprint density at radius 3 is 2.30 bits per heavy atom. The van der Waals surface area contributed by atoms with Crippen LogP contribution >= 0.6 is 0 Å². The minimum Gasteiger partial charge on any atom is -0.494 e. The first-order chi connectivity index (χ1) is 15.9. The monoisotopic (exact) mass is 460 g/mol. The molecule has 0 bridgehead atoms. The molecule has 0 saturated carbocycles. The van der Waals surface area contributed by atoms with Gasteiger partial charge in [-0.3, -0.25) is 4.79 Å². The Morgan fingerprint density at radius 2 is 1.64 bits per heavy atom. The highest BCUT2D eigenvalue weighted by Crippen LogP contribution is 2.31. The van der Waals surface area contributed by atoms with E-state index in [4.69, 9.17) is 4.74 Å². The van der Waals surface area contributed by atoms with E-state index in [9.17, 15) is 13.2 Å². The van der Waals surface area contributed by atoms with Crippen molar-refractivity contribution in [2.24, 2.45) is 0 Å². The minimum absolute atomic E-state index is 0.219. The second-order valence-corrected chi connectivity index (χ2v) is 9.65. The summed E-state index contributed by atoms with van der Waals surface area (Å²) < 4.78 is 30.8. The molecule has 0 aliphatic rings. The maximum Gasteiger partial charge on any atom is 0.275 e. The molecule has 0 amide bonds. The van der Waals surface area contributed by atoms with Gasteiger partial charge in [0.1, 0.15) is 5.75 Å². The third-order valence-electron chi connectivity index (χ3n) is 5.25. The van der Waals surface area contributed by atoms with Crippen LogP contribution in [-0.4, -0.2) is 31.1 Å². The van der Waals surface area contributed by atoms with Crippen LogP contribution in [0.15, 0.2) is 94.7 Å². The largest absolute Gasteiger partial charge is 0.494 e. The van der Waals surface area contributed by atoms with Crippen molar-refractivity contribution in [2.45, 2.75) is 18.4 Å². The predicted molar refractivity (Wildman–Crippen MR) is 129 cm³/mol. The number of hydrogen-bond donors (Lipinski definition) is 0. The lowest BCUT2D eigenvalue weighted by atomic mass is 9.97. The third-order valence-corrected chi connectivity index (χ3v) is 6.37. The quantitative estimate of drug-likeness (QED) is 0.408. The smallest absolute Gasteiger partial charge is 0.275 e. The number of rotatable bonds is 7. The fourth-order valence-corrected chi connectivity index (χ4v) is 4.28. The lowest BCUT2D eigenvalue weighted by Crippen LogP contribution is -2.25. The number of hydrogen-bond acceptors (Lipinski definition) is 5. The van der Waals surface area contributed by atoms with Crippen LogP contribution in [0, 0.1) is 0 Å². The van der Waals surface area contributed by atoms with Crippen molar-refractivity contribution in [1.29, 1.82) is 0 Å². The standard InChI is InChI=1S/C26H24N2O4S/c1-3-32-22-11-7-10-21(16-22)25-24(20-12-14-23(15-13-20)33(2,30)31)17-27-28(26(25)29)18-19-8-5-4-6-9-19/h4-17H,3,18H2,1-2H3. The summed E-state index contributed by atoms with van der Waals surface area (Å²) in [6.45, 7) is 2.75. The van der Waals surface area contributed by atoms with E-state index in [1.54, 1.807) is 30.5 Å². The second-order valence-electron chi connectivity index (χ2n) is 7.64. The lowest BCUT2D eigenvalue weighted by Gasteiger charge is -2.14. The average molecular weight is 461 g/mol. The van der Waals surface area contributed by atoms with Crippen molar-refractivity contribution < 1.29 is 13.2 Å². The topological polar surface area (TPSA) is 78.3 Å². The predicted octanol–water partition coefficient (Wildman–Crippen LogP) is 4.43. The van der Waals surface area contributed by atoms with Gasteiger partial charge in [-0.2, -0.15) is 5.10 Å². The molecule has 0 saturated heterocycles. The summed E-state index contributed by atoms with van der Waals surface area (Å²) in [7, 11) is -3.32. The Morgan fingerprint density at radius 1 is 0.909 bits per heavy atom. The molecule has 7 heteroatoms. The average Bonchev–Trinajstić information content (AvgIpc) is 2.81. The molecule has 0 radical (unpaired) electrons. The molecular weight excluding hydrogens is 436 g/mol. The van der Waals surface area contributed by atoms with Crippen molar-refractivity contribution in [1.82, 2.24) is 9.78 Å². The van der Waals surface area contributed by atoms with Crippen LogP contribution in [0.1, 0.15) is 12.5 Å². The van der Waals surface area contributed by atoms with E-state index in [0.717, 1.165) is 5.56 Å². The molecule has 0 N–H and O–H groups in total. The Bertz CT molecular complexity index is 1430. The first kappa shape index (κ1) is 22.5. The van der Waals surface area contributed by atoms with E-state index >= 15 is 0 Å². The van der Waals surface area contributed by atoms with E-state index in [1.165, 1.54) is 10.9 Å². The van der Waals surface area contributed by atoms with Crippen molar-refractivity contribution in [2.75, 3.05) is 12.9 Å². The molecule has 0 spiro atoms. The molecule has 0 unspecified atom stereocenters. The number of aromatic nitrogens is 2. The van der Waals surface area contributed by atoms with Gasteiger partial charge in [-0.05, 0) is 47.9 Å². The molecule has 0 aliphatic heterocycles. The highest BCUT2D eigenvalue weighted by molar-refractivity contribution is 7.90. The normalized spacial score (nSPS) is 11.3. The second kappa shape index (κ2) is 9.42. The van der Waals surface area contributed by atoms with Gasteiger partial charge in [-0.15, -0.1) is 0 Å². The Kier molecular flexibility index (Phi) is 6.42. The summed E-state index contributed by atoms with van der Waals surface area (Å²) in [6, 6.07) is 23.5. The van der Waals surface area contributed by atoms with E-state index in [-0.39, 0.29) is 10.5 Å². The van der Waals surface area contributed by atoms with Gasteiger partial charge in [0.15, 0.2) is 9.84 Å². The van der Waals surface area contributed by atoms with E-state index < -0.39 is 9.84 Å². The van der Waals surface area contributed by atoms with Crippen molar-refractivity contribution in [3.05, 3.63) is 101 Å². The molecule has 0 aliphatic carbocycles. The maximum absolute atomic E-state index is 13.6. The number of benzene rings is 3. The Balaban J connectivity index is 1.88. The van der Waals surface area contributed by atoms with Gasteiger partial charge in [-0.1, -0.05) is 54.6 Å². The van der Waals surface area contributed by atoms with Gasteiger partial charge in [0.05, 0.1) is 29.8 Å². The first-order valence-corrected chi connectivity index (χ1v) is 12.4. The van der Waals surface area contributed by atoms with Gasteiger partial charge in [0.2, 0.25) is 0 Å². The molecule has 1 heterocycles. The van der Waals surface area contributed by atoms with Crippen LogP contribution in [0.2, 0.25) is 0 Å². The molecule has 1 aromatic heterocycles. The number of ether oxygens (including phenoxy) is 1. The van der Waals surface area contributed by atoms with Gasteiger partial charge < -0.3 is 4.74 Å². The fourth-order valence-electron chi connectivity index (χ4n) is 3.65. The molecule has 4 rings (SSSR count). The molecule has 33 heavy (non-hydrogen) atoms. The third kappa shape index (κ3) is 5.04. The SMILES string of the molecule is CCOc1cccc(-c2c(-c3ccc(S(C)(=O)=O)cc3)cnn(Cc3ccccc3)c2=O)c1. The molecule has 168 valence electrons. The van der Waals surface area contributed by atoms with Crippen LogP contribution in [-0.2, 0) is 16.4 Å². The van der Waals surface area contributed by atoms with E-state index in [0.29, 0.717) is 41.2 Å². The van der Waals surface area contributed by atoms with Gasteiger partial charge in [-0.25, -0.2) is 13.1 Å². The van der Waals surface area contributed by atoms with Gasteiger partial charge in [0, 0.05) is 11.8 Å². The van der Waals surface area contributed by atoms with Crippen LogP contribution in [0.5, 0.6) is 5.75 Å². The van der Waals surface area contributed by atoms with E-state index in [1.807, 2.05) is 61.5 Å². The van der Waals surface area contributed by atoms with E-state index in [2.05, 4.69) is 5.10 Å². The first-order valence-electron chi connectivity index (χ1n) is 10.5. The summed E-state index contributed by atoms with van der Waals surface area (Å²) >= 11 is 0. The van der Waals surface area contributed by atoms with Crippen molar-refractivity contribution in [3.8, 4) is 28.0 Å². The fraction of sp³-hybridized carbons (Fsp3) is 0.154. The summed E-state index contributed by atoms with van der Waals surface area (Å²) in [5.41, 5.74) is 3.24. The molecule has 3 aromatic carbocycles. The van der Waals surface area contributed by atoms with Crippen LogP contribution in [0.3, 0.4) is 0 Å². The molecule has 4 aromatic rings. The summed E-state index contributed by atoms with van der Waals surface area (Å²) in [6.07, 6.45) is 2.82. The Hall–Kier alpha value is -3.71. The van der Waals surface area contributed by atoms with Crippen LogP contribution in [0.4, 0.5) is 0 Å². The van der Waals surface area contributed by atoms with Crippen LogP contribution < -0.4 is 10.3 Å². The van der Waals surface area contributed by atoms with Gasteiger partial charge >= 0.3 is 0 Å². The number of nitrogens with zero attached hydrogens (tertiary/aromatic N) is 2. The van der Waals surface area contributed by atoms with Crippen molar-refractivity contribution >= 4 is 9.84 Å². The summed E-state index contributed by atoms with van der Waals surface area (Å²) in [5, 5.41) is 4.42. The maximum atomic E-state index is 13.6. The molecular formula is C26H24N2O4S. The summed E-state index contributed by atoms with van der Waals surface area (Å²) in [4.78, 5) is 13.8. The van der Waals surface area contributed by atoms with Crippen molar-refractivity contribution in [3.63, 3.8) is 0 Å².